The molecule has 0 radical (unpaired) electrons. The van der Waals surface area contributed by atoms with Crippen LogP contribution in [0.2, 0.25) is 16.6 Å². The van der Waals surface area contributed by atoms with Gasteiger partial charge in [-0.25, -0.2) is 9.59 Å². The van der Waals surface area contributed by atoms with Crippen molar-refractivity contribution in [3.63, 3.8) is 0 Å². The number of nitrogens with one attached hydrogen (secondary N) is 4. The van der Waals surface area contributed by atoms with E-state index in [1.165, 1.54) is 12.8 Å². The molecule has 2 aromatic carbocycles. The van der Waals surface area contributed by atoms with Crippen LogP contribution < -0.4 is 10.6 Å². The number of pyridine rings is 2. The molecular weight excluding hydrogens is 805 g/mol. The molecule has 0 aliphatic carbocycles. The fraction of sp³-hybridized carbons (Fsp3) is 0.412. The normalized spacial score (nSPS) is 12.3. The predicted octanol–water partition coefficient (Wildman–Crippen LogP) is 12.0. The van der Waals surface area contributed by atoms with Crippen LogP contribution in [-0.4, -0.2) is 66.1 Å². The van der Waals surface area contributed by atoms with Crippen molar-refractivity contribution < 1.29 is 23.8 Å². The molecule has 2 aromatic heterocycles. The van der Waals surface area contributed by atoms with E-state index >= 15 is 0 Å². The van der Waals surface area contributed by atoms with Gasteiger partial charge < -0.3 is 14.2 Å². The van der Waals surface area contributed by atoms with Gasteiger partial charge in [-0.1, -0.05) is 53.4 Å². The Morgan fingerprint density at radius 2 is 1.05 bits per heavy atom. The lowest BCUT2D eigenvalue weighted by Gasteiger charge is -2.38. The van der Waals surface area contributed by atoms with Crippen LogP contribution in [0.1, 0.15) is 129 Å². The van der Waals surface area contributed by atoms with Gasteiger partial charge in [-0.3, -0.25) is 31.4 Å². The van der Waals surface area contributed by atoms with Gasteiger partial charge in [0.2, 0.25) is 0 Å². The lowest BCUT2D eigenvalue weighted by atomic mass is 9.99. The molecule has 1 aliphatic heterocycles. The van der Waals surface area contributed by atoms with Gasteiger partial charge in [-0.05, 0) is 132 Å². The molecule has 1 saturated heterocycles. The molecule has 0 bridgehead atoms. The highest BCUT2D eigenvalue weighted by atomic mass is 28.3. The van der Waals surface area contributed by atoms with E-state index in [1.54, 1.807) is 88.0 Å². The van der Waals surface area contributed by atoms with Crippen molar-refractivity contribution in [1.82, 2.24) is 9.97 Å². The molecule has 2 amide bonds. The molecule has 1 aliphatic rings. The standard InChI is InChI=1S/C28H39N3O2Si.C19H19N3O2.C4H8O/c1-19(2)34(20(3)4,21(5)6)17-14-22-10-11-25(31-27(32)33-28(7,8)9)24(18-22)26(29)23-12-15-30-16-13-23;1-5-13-6-7-16(22-18(23)24-19(2,3)4)15(12-13)17(20)14-8-10-21-11-9-14;1-2-4-5-3-1/h10-13,15-16,18-21,29H,1-9H3,(H,31,32);1,6-12,20H,2-4H3,(H,22,23);1-4H2. The topological polar surface area (TPSA) is 159 Å². The van der Waals surface area contributed by atoms with Gasteiger partial charge in [0.1, 0.15) is 19.3 Å². The van der Waals surface area contributed by atoms with Gasteiger partial charge in [0.05, 0.1) is 22.8 Å². The average Bonchev–Trinajstić information content (AvgIpc) is 3.81. The molecule has 334 valence electrons. The third-order valence-corrected chi connectivity index (χ3v) is 16.4. The summed E-state index contributed by atoms with van der Waals surface area (Å²) in [5.74, 6) is 5.99. The molecule has 12 heteroatoms. The van der Waals surface area contributed by atoms with E-state index in [9.17, 15) is 9.59 Å². The molecule has 3 heterocycles. The van der Waals surface area contributed by atoms with Crippen molar-refractivity contribution in [2.45, 2.75) is 124 Å². The SMILES string of the molecule is C#Cc1ccc(NC(=O)OC(C)(C)C)c(C(=N)c2ccncc2)c1.C1CCOC1.CC(C)[Si](C#Cc1ccc(NC(=O)OC(C)(C)C)c(C(=N)c2ccncc2)c1)(C(C)C)C(C)C. The molecule has 0 atom stereocenters. The molecule has 5 rings (SSSR count). The quantitative estimate of drug-likeness (QED) is 0.0740. The summed E-state index contributed by atoms with van der Waals surface area (Å²) in [5.41, 5.74) is 9.56. The summed E-state index contributed by atoms with van der Waals surface area (Å²) in [5, 5.41) is 22.7. The predicted molar refractivity (Wildman–Crippen MR) is 259 cm³/mol. The first kappa shape index (κ1) is 51.3. The fourth-order valence-corrected chi connectivity index (χ4v) is 12.4. The van der Waals surface area contributed by atoms with Crippen LogP contribution >= 0.6 is 0 Å². The number of terminal acetylenes is 1. The summed E-state index contributed by atoms with van der Waals surface area (Å²) >= 11 is 0. The van der Waals surface area contributed by atoms with Crippen LogP contribution in [0.5, 0.6) is 0 Å². The number of benzene rings is 2. The van der Waals surface area contributed by atoms with Crippen molar-refractivity contribution in [2.24, 2.45) is 0 Å². The lowest BCUT2D eigenvalue weighted by Crippen LogP contribution is -2.43. The van der Waals surface area contributed by atoms with Crippen LogP contribution in [0.25, 0.3) is 0 Å². The first-order chi connectivity index (χ1) is 29.6. The fourth-order valence-electron chi connectivity index (χ4n) is 7.19. The minimum atomic E-state index is -1.90. The minimum absolute atomic E-state index is 0.237. The molecule has 4 aromatic rings. The Bertz CT molecular complexity index is 2250. The van der Waals surface area contributed by atoms with Crippen LogP contribution in [0.4, 0.5) is 21.0 Å². The number of amides is 2. The van der Waals surface area contributed by atoms with E-state index < -0.39 is 31.5 Å². The van der Waals surface area contributed by atoms with E-state index in [2.05, 4.69) is 79.5 Å². The van der Waals surface area contributed by atoms with Crippen LogP contribution in [0, 0.1) is 34.6 Å². The maximum atomic E-state index is 12.5. The van der Waals surface area contributed by atoms with Crippen LogP contribution in [-0.2, 0) is 14.2 Å². The molecule has 63 heavy (non-hydrogen) atoms. The number of aromatic nitrogens is 2. The Morgan fingerprint density at radius 1 is 0.667 bits per heavy atom. The smallest absolute Gasteiger partial charge is 0.412 e. The zero-order valence-corrected chi connectivity index (χ0v) is 40.2. The Labute approximate surface area is 376 Å². The minimum Gasteiger partial charge on any atom is -0.444 e. The number of hydrogen-bond donors (Lipinski definition) is 4. The summed E-state index contributed by atoms with van der Waals surface area (Å²) in [7, 11) is -1.90. The van der Waals surface area contributed by atoms with Gasteiger partial charge in [-0.15, -0.1) is 12.0 Å². The Balaban J connectivity index is 0.000000314. The second kappa shape index (κ2) is 23.4. The van der Waals surface area contributed by atoms with Gasteiger partial charge in [-0.2, -0.15) is 0 Å². The molecule has 11 nitrogen and oxygen atoms in total. The number of nitrogens with zero attached hydrogens (tertiary/aromatic N) is 2. The van der Waals surface area contributed by atoms with E-state index in [0.717, 1.165) is 18.8 Å². The van der Waals surface area contributed by atoms with Gasteiger partial charge in [0.15, 0.2) is 0 Å². The second-order valence-corrected chi connectivity index (χ2v) is 23.7. The number of ether oxygens (including phenoxy) is 3. The van der Waals surface area contributed by atoms with Gasteiger partial charge in [0, 0.05) is 71.4 Å². The number of rotatable bonds is 9. The zero-order valence-electron chi connectivity index (χ0n) is 39.2. The Hall–Kier alpha value is -6.08. The maximum Gasteiger partial charge on any atom is 0.412 e. The van der Waals surface area contributed by atoms with Crippen molar-refractivity contribution >= 4 is 43.1 Å². The number of carbonyl (C=O) groups excluding carboxylic acids is 2. The number of carbonyl (C=O) groups is 2. The summed E-state index contributed by atoms with van der Waals surface area (Å²) in [6.07, 6.45) is 13.4. The molecule has 4 N–H and O–H groups in total. The highest BCUT2D eigenvalue weighted by molar-refractivity contribution is 6.90. The monoisotopic (exact) mass is 870 g/mol. The average molecular weight is 871 g/mol. The first-order valence-corrected chi connectivity index (χ1v) is 23.6. The molecule has 0 saturated carbocycles. The summed E-state index contributed by atoms with van der Waals surface area (Å²) in [6.45, 7) is 26.6. The third kappa shape index (κ3) is 16.0. The first-order valence-electron chi connectivity index (χ1n) is 21.4. The van der Waals surface area contributed by atoms with E-state index in [1.807, 2.05) is 39.0 Å². The van der Waals surface area contributed by atoms with Crippen molar-refractivity contribution in [3.05, 3.63) is 119 Å². The number of hydrogen-bond acceptors (Lipinski definition) is 9. The van der Waals surface area contributed by atoms with Crippen LogP contribution in [0.15, 0.2) is 85.5 Å². The maximum absolute atomic E-state index is 12.5. The number of anilines is 2. The van der Waals surface area contributed by atoms with E-state index in [-0.39, 0.29) is 11.4 Å². The molecule has 0 spiro atoms. The van der Waals surface area contributed by atoms with Crippen LogP contribution in [0.3, 0.4) is 0 Å². The highest BCUT2D eigenvalue weighted by Gasteiger charge is 2.41. The molecular formula is C51H66N6O5Si. The van der Waals surface area contributed by atoms with Gasteiger partial charge >= 0.3 is 12.2 Å². The van der Waals surface area contributed by atoms with Crippen molar-refractivity contribution in [1.29, 1.82) is 10.8 Å². The second-order valence-electron chi connectivity index (χ2n) is 18.1. The largest absolute Gasteiger partial charge is 0.444 e. The summed E-state index contributed by atoms with van der Waals surface area (Å²) in [6, 6.07) is 17.7. The Morgan fingerprint density at radius 3 is 1.38 bits per heavy atom. The lowest BCUT2D eigenvalue weighted by molar-refractivity contribution is 0.0624. The zero-order chi connectivity index (χ0) is 47.0. The Kier molecular flexibility index (Phi) is 19.0. The van der Waals surface area contributed by atoms with E-state index in [4.69, 9.17) is 31.5 Å². The van der Waals surface area contributed by atoms with E-state index in [0.29, 0.717) is 55.8 Å². The third-order valence-electron chi connectivity index (χ3n) is 10.1. The highest BCUT2D eigenvalue weighted by Crippen LogP contribution is 2.41. The van der Waals surface area contributed by atoms with Gasteiger partial charge in [0.25, 0.3) is 0 Å². The summed E-state index contributed by atoms with van der Waals surface area (Å²) in [4.78, 5) is 32.5. The van der Waals surface area contributed by atoms with Crippen molar-refractivity contribution in [3.8, 4) is 23.8 Å². The molecule has 0 unspecified atom stereocenters. The summed E-state index contributed by atoms with van der Waals surface area (Å²) < 4.78 is 15.6. The molecule has 1 fully saturated rings. The van der Waals surface area contributed by atoms with Crippen molar-refractivity contribution in [2.75, 3.05) is 23.8 Å².